The maximum Gasteiger partial charge on any atom is 0.343 e. The van der Waals surface area contributed by atoms with Crippen molar-refractivity contribution in [2.24, 2.45) is 0 Å². The van der Waals surface area contributed by atoms with Crippen molar-refractivity contribution < 1.29 is 22.5 Å². The molecule has 0 aliphatic carbocycles. The monoisotopic (exact) mass is 292 g/mol. The van der Waals surface area contributed by atoms with Gasteiger partial charge >= 0.3 is 5.97 Å². The quantitative estimate of drug-likeness (QED) is 0.534. The van der Waals surface area contributed by atoms with Crippen molar-refractivity contribution in [3.8, 4) is 5.75 Å². The van der Waals surface area contributed by atoms with Crippen molar-refractivity contribution in [3.05, 3.63) is 59.7 Å². The molecule has 0 saturated carbocycles. The largest absolute Gasteiger partial charge is 0.423 e. The molecular weight excluding hydrogens is 280 g/mol. The van der Waals surface area contributed by atoms with Gasteiger partial charge in [-0.1, -0.05) is 24.3 Å². The second kappa shape index (κ2) is 5.44. The van der Waals surface area contributed by atoms with Crippen molar-refractivity contribution in [2.45, 2.75) is 11.8 Å². The van der Waals surface area contributed by atoms with Crippen LogP contribution >= 0.6 is 0 Å². The van der Waals surface area contributed by atoms with E-state index in [-0.39, 0.29) is 10.6 Å². The van der Waals surface area contributed by atoms with E-state index < -0.39 is 16.1 Å². The number of hydrogen-bond donors (Lipinski definition) is 1. The van der Waals surface area contributed by atoms with Crippen LogP contribution in [0.1, 0.15) is 15.9 Å². The van der Waals surface area contributed by atoms with Gasteiger partial charge in [-0.05, 0) is 30.7 Å². The van der Waals surface area contributed by atoms with Crippen LogP contribution in [0.5, 0.6) is 5.75 Å². The minimum Gasteiger partial charge on any atom is -0.423 e. The fourth-order valence-corrected chi connectivity index (χ4v) is 2.08. The molecule has 0 spiro atoms. The van der Waals surface area contributed by atoms with Crippen molar-refractivity contribution in [1.82, 2.24) is 0 Å². The molecular formula is C14H12O5S. The first-order chi connectivity index (χ1) is 9.38. The summed E-state index contributed by atoms with van der Waals surface area (Å²) in [5.41, 5.74) is 0.936. The highest BCUT2D eigenvalue weighted by Gasteiger charge is 2.15. The Morgan fingerprint density at radius 1 is 1.10 bits per heavy atom. The summed E-state index contributed by atoms with van der Waals surface area (Å²) in [5, 5.41) is 0. The lowest BCUT2D eigenvalue weighted by molar-refractivity contribution is 0.0733. The van der Waals surface area contributed by atoms with E-state index in [1.807, 2.05) is 0 Å². The zero-order chi connectivity index (χ0) is 14.8. The lowest BCUT2D eigenvalue weighted by atomic mass is 10.2. The number of rotatable bonds is 3. The Bertz CT molecular complexity index is 735. The molecule has 6 heteroatoms. The molecule has 2 aromatic carbocycles. The van der Waals surface area contributed by atoms with E-state index in [9.17, 15) is 13.2 Å². The van der Waals surface area contributed by atoms with Crippen LogP contribution < -0.4 is 4.74 Å². The Labute approximate surface area is 116 Å². The third-order valence-electron chi connectivity index (χ3n) is 2.67. The van der Waals surface area contributed by atoms with E-state index >= 15 is 0 Å². The molecule has 5 nitrogen and oxygen atoms in total. The van der Waals surface area contributed by atoms with Crippen molar-refractivity contribution in [1.29, 1.82) is 0 Å². The fourth-order valence-electron chi connectivity index (χ4n) is 1.58. The first kappa shape index (κ1) is 14.2. The van der Waals surface area contributed by atoms with Gasteiger partial charge in [0.15, 0.2) is 0 Å². The molecule has 0 amide bonds. The molecule has 20 heavy (non-hydrogen) atoms. The molecule has 2 rings (SSSR count). The van der Waals surface area contributed by atoms with Crippen LogP contribution in [0.15, 0.2) is 53.4 Å². The van der Waals surface area contributed by atoms with Gasteiger partial charge < -0.3 is 4.74 Å². The molecule has 0 radical (unpaired) electrons. The molecule has 1 N–H and O–H groups in total. The van der Waals surface area contributed by atoms with Gasteiger partial charge in [0.05, 0.1) is 10.5 Å². The second-order valence-electron chi connectivity index (χ2n) is 4.16. The summed E-state index contributed by atoms with van der Waals surface area (Å²) < 4.78 is 36.3. The van der Waals surface area contributed by atoms with Crippen LogP contribution in [0.25, 0.3) is 0 Å². The summed E-state index contributed by atoms with van der Waals surface area (Å²) in [4.78, 5) is 11.6. The lowest BCUT2D eigenvalue weighted by Crippen LogP contribution is -2.10. The average Bonchev–Trinajstić information content (AvgIpc) is 2.41. The number of hydrogen-bond acceptors (Lipinski definition) is 4. The first-order valence-corrected chi connectivity index (χ1v) is 7.17. The van der Waals surface area contributed by atoms with Crippen molar-refractivity contribution >= 4 is 16.1 Å². The van der Waals surface area contributed by atoms with E-state index in [4.69, 9.17) is 9.29 Å². The van der Waals surface area contributed by atoms with Gasteiger partial charge in [0.25, 0.3) is 10.1 Å². The third-order valence-corrected chi connectivity index (χ3v) is 3.52. The number of esters is 1. The predicted molar refractivity (Wildman–Crippen MR) is 72.4 cm³/mol. The molecule has 0 heterocycles. The Kier molecular flexibility index (Phi) is 3.87. The molecule has 2 aromatic rings. The fraction of sp³-hybridized carbons (Fsp3) is 0.0714. The van der Waals surface area contributed by atoms with Gasteiger partial charge in [-0.2, -0.15) is 8.42 Å². The molecule has 104 valence electrons. The van der Waals surface area contributed by atoms with Crippen LogP contribution in [0.3, 0.4) is 0 Å². The SMILES string of the molecule is Cc1ccc(S(=O)(=O)O)cc1OC(=O)c1ccccc1. The van der Waals surface area contributed by atoms with Crippen LogP contribution in [-0.2, 0) is 10.1 Å². The minimum absolute atomic E-state index is 0.0916. The van der Waals surface area contributed by atoms with Crippen molar-refractivity contribution in [2.75, 3.05) is 0 Å². The highest BCUT2D eigenvalue weighted by atomic mass is 32.2. The summed E-state index contributed by atoms with van der Waals surface area (Å²) in [6.45, 7) is 1.67. The Morgan fingerprint density at radius 2 is 1.75 bits per heavy atom. The molecule has 0 saturated heterocycles. The number of carbonyl (C=O) groups excluding carboxylic acids is 1. The topological polar surface area (TPSA) is 80.7 Å². The van der Waals surface area contributed by atoms with Gasteiger partial charge in [-0.25, -0.2) is 4.79 Å². The zero-order valence-electron chi connectivity index (χ0n) is 10.6. The number of carbonyl (C=O) groups is 1. The molecule has 0 atom stereocenters. The van der Waals surface area contributed by atoms with Crippen LogP contribution in [-0.4, -0.2) is 18.9 Å². The van der Waals surface area contributed by atoms with Gasteiger partial charge in [0.2, 0.25) is 0 Å². The zero-order valence-corrected chi connectivity index (χ0v) is 11.4. The summed E-state index contributed by atoms with van der Waals surface area (Å²) in [6, 6.07) is 12.1. The molecule has 0 unspecified atom stereocenters. The molecule has 0 fully saturated rings. The van der Waals surface area contributed by atoms with Crippen LogP contribution in [0, 0.1) is 6.92 Å². The lowest BCUT2D eigenvalue weighted by Gasteiger charge is -2.08. The van der Waals surface area contributed by atoms with Gasteiger partial charge in [0.1, 0.15) is 5.75 Å². The smallest absolute Gasteiger partial charge is 0.343 e. The second-order valence-corrected chi connectivity index (χ2v) is 5.58. The summed E-state index contributed by atoms with van der Waals surface area (Å²) in [7, 11) is -4.33. The number of aryl methyl sites for hydroxylation is 1. The summed E-state index contributed by atoms with van der Waals surface area (Å²) >= 11 is 0. The predicted octanol–water partition coefficient (Wildman–Crippen LogP) is 2.46. The highest BCUT2D eigenvalue weighted by Crippen LogP contribution is 2.23. The third kappa shape index (κ3) is 3.23. The van der Waals surface area contributed by atoms with Crippen LogP contribution in [0.2, 0.25) is 0 Å². The standard InChI is InChI=1S/C14H12O5S/c1-10-7-8-12(20(16,17)18)9-13(10)19-14(15)11-5-3-2-4-6-11/h2-9H,1H3,(H,16,17,18). The minimum atomic E-state index is -4.33. The molecule has 0 aromatic heterocycles. The molecule has 0 bridgehead atoms. The van der Waals surface area contributed by atoms with E-state index in [0.717, 1.165) is 6.07 Å². The van der Waals surface area contributed by atoms with Gasteiger partial charge in [-0.15, -0.1) is 0 Å². The number of benzene rings is 2. The molecule has 0 aliphatic rings. The first-order valence-electron chi connectivity index (χ1n) is 5.73. The maximum atomic E-state index is 11.9. The van der Waals surface area contributed by atoms with E-state index in [0.29, 0.717) is 11.1 Å². The van der Waals surface area contributed by atoms with Crippen LogP contribution in [0.4, 0.5) is 0 Å². The Hall–Kier alpha value is -2.18. The van der Waals surface area contributed by atoms with E-state index in [1.54, 1.807) is 37.3 Å². The maximum absolute atomic E-state index is 11.9. The average molecular weight is 292 g/mol. The summed E-state index contributed by atoms with van der Waals surface area (Å²) in [5.74, 6) is -0.504. The Morgan fingerprint density at radius 3 is 2.35 bits per heavy atom. The highest BCUT2D eigenvalue weighted by molar-refractivity contribution is 7.85. The summed E-state index contributed by atoms with van der Waals surface area (Å²) in [6.07, 6.45) is 0. The normalized spacial score (nSPS) is 11.1. The van der Waals surface area contributed by atoms with Crippen molar-refractivity contribution in [3.63, 3.8) is 0 Å². The van der Waals surface area contributed by atoms with E-state index in [2.05, 4.69) is 0 Å². The van der Waals surface area contributed by atoms with E-state index in [1.165, 1.54) is 12.1 Å². The van der Waals surface area contributed by atoms with Gasteiger partial charge in [0, 0.05) is 6.07 Å². The van der Waals surface area contributed by atoms with Gasteiger partial charge in [-0.3, -0.25) is 4.55 Å². The number of ether oxygens (including phenoxy) is 1. The molecule has 0 aliphatic heterocycles. The Balaban J connectivity index is 2.32.